The molecule has 1 fully saturated rings. The summed E-state index contributed by atoms with van der Waals surface area (Å²) in [5, 5.41) is 10.9. The molecule has 9 heteroatoms. The number of para-hydroxylation sites is 1. The molecule has 2 heterocycles. The Morgan fingerprint density at radius 1 is 0.978 bits per heavy atom. The molecule has 1 aliphatic heterocycles. The summed E-state index contributed by atoms with van der Waals surface area (Å²) >= 11 is 0. The lowest BCUT2D eigenvalue weighted by Gasteiger charge is -2.39. The number of carbonyl (C=O) groups is 1. The first kappa shape index (κ1) is 32.3. The Labute approximate surface area is 265 Å². The van der Waals surface area contributed by atoms with Gasteiger partial charge in [-0.25, -0.2) is 4.79 Å². The normalized spacial score (nSPS) is 17.3. The number of H-pyrrole nitrogens is 1. The minimum absolute atomic E-state index is 0.0494. The molecular weight excluding hydrogens is 572 g/mol. The van der Waals surface area contributed by atoms with E-state index in [2.05, 4.69) is 35.3 Å². The van der Waals surface area contributed by atoms with Gasteiger partial charge in [-0.05, 0) is 60.7 Å². The lowest BCUT2D eigenvalue weighted by atomic mass is 9.86. The van der Waals surface area contributed by atoms with Crippen LogP contribution in [0.3, 0.4) is 0 Å². The zero-order chi connectivity index (χ0) is 31.4. The lowest BCUT2D eigenvalue weighted by molar-refractivity contribution is -0.0618. The quantitative estimate of drug-likeness (QED) is 0.129. The minimum Gasteiger partial charge on any atom is -0.496 e. The number of aromatic amines is 1. The van der Waals surface area contributed by atoms with Crippen LogP contribution in [0.15, 0.2) is 79.0 Å². The zero-order valence-corrected chi connectivity index (χ0v) is 26.2. The lowest BCUT2D eigenvalue weighted by Crippen LogP contribution is -2.46. The van der Waals surface area contributed by atoms with E-state index in [9.17, 15) is 9.90 Å². The molecule has 0 saturated carbocycles. The number of benzene rings is 3. The smallest absolute Gasteiger partial charge is 0.407 e. The first-order valence-corrected chi connectivity index (χ1v) is 15.7. The summed E-state index contributed by atoms with van der Waals surface area (Å²) in [5.41, 5.74) is 4.30. The van der Waals surface area contributed by atoms with E-state index in [4.69, 9.17) is 23.7 Å². The van der Waals surface area contributed by atoms with Crippen molar-refractivity contribution in [1.82, 2.24) is 9.88 Å². The van der Waals surface area contributed by atoms with Crippen LogP contribution in [0.2, 0.25) is 0 Å². The summed E-state index contributed by atoms with van der Waals surface area (Å²) in [6.45, 7) is 3.04. The number of rotatable bonds is 16. The van der Waals surface area contributed by atoms with Crippen molar-refractivity contribution in [3.63, 3.8) is 0 Å². The minimum atomic E-state index is -0.915. The largest absolute Gasteiger partial charge is 0.496 e. The molecule has 3 atom stereocenters. The molecule has 1 aliphatic rings. The molecule has 5 rings (SSSR count). The molecule has 0 aliphatic carbocycles. The Balaban J connectivity index is 1.21. The Bertz CT molecular complexity index is 1490. The van der Waals surface area contributed by atoms with Gasteiger partial charge < -0.3 is 38.7 Å². The van der Waals surface area contributed by atoms with E-state index < -0.39 is 6.09 Å². The number of piperidine rings is 1. The van der Waals surface area contributed by atoms with Gasteiger partial charge in [0, 0.05) is 55.3 Å². The van der Waals surface area contributed by atoms with Gasteiger partial charge >= 0.3 is 6.09 Å². The Kier molecular flexibility index (Phi) is 11.7. The number of carboxylic acid groups (broad SMARTS) is 1. The fourth-order valence-electron chi connectivity index (χ4n) is 6.09. The Hall–Kier alpha value is -4.05. The second kappa shape index (κ2) is 16.3. The maximum Gasteiger partial charge on any atom is 0.407 e. The predicted octanol–water partition coefficient (Wildman–Crippen LogP) is 7.18. The number of fused-ring (bicyclic) bond motifs is 1. The highest BCUT2D eigenvalue weighted by Gasteiger charge is 2.35. The van der Waals surface area contributed by atoms with Gasteiger partial charge in [0.1, 0.15) is 11.5 Å². The Morgan fingerprint density at radius 2 is 1.82 bits per heavy atom. The highest BCUT2D eigenvalue weighted by molar-refractivity contribution is 5.83. The predicted molar refractivity (Wildman–Crippen MR) is 173 cm³/mol. The molecule has 0 bridgehead atoms. The van der Waals surface area contributed by atoms with Gasteiger partial charge in [-0.1, -0.05) is 42.5 Å². The van der Waals surface area contributed by atoms with Crippen LogP contribution in [0.25, 0.3) is 10.9 Å². The molecule has 1 aromatic heterocycles. The summed E-state index contributed by atoms with van der Waals surface area (Å²) in [6.07, 6.45) is 3.57. The average molecular weight is 617 g/mol. The van der Waals surface area contributed by atoms with Crippen LogP contribution in [0.4, 0.5) is 4.79 Å². The van der Waals surface area contributed by atoms with Gasteiger partial charge in [-0.3, -0.25) is 0 Å². The average Bonchev–Trinajstić information content (AvgIpc) is 3.56. The summed E-state index contributed by atoms with van der Waals surface area (Å²) in [5.74, 6) is 1.67. The van der Waals surface area contributed by atoms with Crippen molar-refractivity contribution in [3.05, 3.63) is 95.7 Å². The zero-order valence-electron chi connectivity index (χ0n) is 26.2. The topological polar surface area (TPSA) is 102 Å². The van der Waals surface area contributed by atoms with Gasteiger partial charge in [-0.15, -0.1) is 0 Å². The number of likely N-dealkylation sites (tertiary alicyclic amines) is 1. The summed E-state index contributed by atoms with van der Waals surface area (Å²) < 4.78 is 29.4. The van der Waals surface area contributed by atoms with E-state index in [-0.39, 0.29) is 18.1 Å². The number of amides is 1. The molecule has 45 heavy (non-hydrogen) atoms. The molecular formula is C36H44N2O7. The fourth-order valence-corrected chi connectivity index (χ4v) is 6.09. The standard InChI is InChI=1S/C36H44N2O7/c1-41-21-6-12-34(31-9-5-10-32-30(31)17-19-37-32)45-35-24-38(36(39)40)20-18-29(35)26-13-15-28(16-14-26)44-23-7-22-43-25-27-8-3-4-11-33(27)42-2/h3-5,8-11,13-17,19,29,34-35,37H,6-7,12,18,20-25H2,1-2H3,(H,39,40). The van der Waals surface area contributed by atoms with E-state index in [1.165, 1.54) is 4.90 Å². The first-order chi connectivity index (χ1) is 22.1. The molecule has 3 aromatic carbocycles. The third kappa shape index (κ3) is 8.57. The molecule has 2 N–H and O–H groups in total. The number of ether oxygens (including phenoxy) is 5. The molecule has 0 radical (unpaired) electrons. The number of hydrogen-bond acceptors (Lipinski definition) is 6. The van der Waals surface area contributed by atoms with Crippen molar-refractivity contribution < 1.29 is 33.6 Å². The third-order valence-corrected chi connectivity index (χ3v) is 8.42. The van der Waals surface area contributed by atoms with E-state index >= 15 is 0 Å². The number of aromatic nitrogens is 1. The van der Waals surface area contributed by atoms with E-state index in [1.807, 2.05) is 48.7 Å². The van der Waals surface area contributed by atoms with Crippen LogP contribution in [0.1, 0.15) is 54.4 Å². The first-order valence-electron chi connectivity index (χ1n) is 15.7. The molecule has 0 spiro atoms. The van der Waals surface area contributed by atoms with E-state index in [0.717, 1.165) is 58.4 Å². The van der Waals surface area contributed by atoms with E-state index in [1.54, 1.807) is 14.2 Å². The highest BCUT2D eigenvalue weighted by Crippen LogP contribution is 2.37. The molecule has 3 unspecified atom stereocenters. The molecule has 240 valence electrons. The van der Waals surface area contributed by atoms with Crippen molar-refractivity contribution in [3.8, 4) is 11.5 Å². The number of hydrogen-bond donors (Lipinski definition) is 2. The van der Waals surface area contributed by atoms with Crippen LogP contribution < -0.4 is 9.47 Å². The van der Waals surface area contributed by atoms with Crippen LogP contribution in [0.5, 0.6) is 11.5 Å². The van der Waals surface area contributed by atoms with Crippen molar-refractivity contribution in [1.29, 1.82) is 0 Å². The maximum absolute atomic E-state index is 12.0. The van der Waals surface area contributed by atoms with Gasteiger partial charge in [0.25, 0.3) is 0 Å². The van der Waals surface area contributed by atoms with Crippen molar-refractivity contribution >= 4 is 17.0 Å². The van der Waals surface area contributed by atoms with Crippen LogP contribution in [-0.4, -0.2) is 74.3 Å². The van der Waals surface area contributed by atoms with Gasteiger partial charge in [0.15, 0.2) is 0 Å². The third-order valence-electron chi connectivity index (χ3n) is 8.42. The fraction of sp³-hybridized carbons (Fsp3) is 0.417. The second-order valence-corrected chi connectivity index (χ2v) is 11.3. The second-order valence-electron chi connectivity index (χ2n) is 11.3. The molecule has 1 saturated heterocycles. The van der Waals surface area contributed by atoms with Crippen LogP contribution in [0, 0.1) is 0 Å². The summed E-state index contributed by atoms with van der Waals surface area (Å²) in [7, 11) is 3.37. The van der Waals surface area contributed by atoms with Gasteiger partial charge in [0.2, 0.25) is 0 Å². The monoisotopic (exact) mass is 616 g/mol. The molecule has 1 amide bonds. The highest BCUT2D eigenvalue weighted by atomic mass is 16.5. The van der Waals surface area contributed by atoms with Crippen LogP contribution >= 0.6 is 0 Å². The van der Waals surface area contributed by atoms with Crippen molar-refractivity contribution in [2.24, 2.45) is 0 Å². The van der Waals surface area contributed by atoms with E-state index in [0.29, 0.717) is 45.9 Å². The van der Waals surface area contributed by atoms with Crippen LogP contribution in [-0.2, 0) is 20.8 Å². The van der Waals surface area contributed by atoms with Crippen molar-refractivity contribution in [2.75, 3.05) is 47.1 Å². The maximum atomic E-state index is 12.0. The van der Waals surface area contributed by atoms with Gasteiger partial charge in [-0.2, -0.15) is 0 Å². The Morgan fingerprint density at radius 3 is 2.62 bits per heavy atom. The molecule has 4 aromatic rings. The molecule has 9 nitrogen and oxygen atoms in total. The van der Waals surface area contributed by atoms with Gasteiger partial charge in [0.05, 0.1) is 45.7 Å². The summed E-state index contributed by atoms with van der Waals surface area (Å²) in [6, 6.07) is 24.3. The van der Waals surface area contributed by atoms with Crippen molar-refractivity contribution in [2.45, 2.75) is 50.4 Å². The number of methoxy groups -OCH3 is 2. The number of nitrogens with zero attached hydrogens (tertiary/aromatic N) is 1. The number of nitrogens with one attached hydrogen (secondary N) is 1. The SMILES string of the molecule is COCCCC(OC1CN(C(=O)O)CCC1c1ccc(OCCCOCc2ccccc2OC)cc1)c1cccc2[nH]ccc12. The summed E-state index contributed by atoms with van der Waals surface area (Å²) in [4.78, 5) is 16.7.